The fourth-order valence-electron chi connectivity index (χ4n) is 1.60. The Hall–Kier alpha value is -2.10. The Morgan fingerprint density at radius 2 is 1.94 bits per heavy atom. The van der Waals surface area contributed by atoms with E-state index in [1.807, 2.05) is 0 Å². The first-order valence-electron chi connectivity index (χ1n) is 5.01. The number of benzene rings is 1. The van der Waals surface area contributed by atoms with Crippen LogP contribution in [0.5, 0.6) is 0 Å². The van der Waals surface area contributed by atoms with Crippen LogP contribution in [0.3, 0.4) is 0 Å². The summed E-state index contributed by atoms with van der Waals surface area (Å²) in [6, 6.07) is 9.74. The van der Waals surface area contributed by atoms with E-state index in [4.69, 9.17) is 0 Å². The molecule has 2 aromatic rings. The molecule has 1 aromatic heterocycles. The molecule has 2 rings (SSSR count). The topological polar surface area (TPSA) is 30.0 Å². The van der Waals surface area contributed by atoms with Crippen LogP contribution in [-0.2, 0) is 0 Å². The molecule has 0 N–H and O–H groups in total. The van der Waals surface area contributed by atoms with Crippen LogP contribution >= 0.6 is 0 Å². The highest BCUT2D eigenvalue weighted by Gasteiger charge is 2.11. The quantitative estimate of drug-likeness (QED) is 0.759. The molecule has 0 atom stereocenters. The maximum Gasteiger partial charge on any atom is 0.280 e. The highest BCUT2D eigenvalue weighted by molar-refractivity contribution is 5.87. The van der Waals surface area contributed by atoms with Gasteiger partial charge in [0, 0.05) is 11.8 Å². The highest BCUT2D eigenvalue weighted by Crippen LogP contribution is 2.25. The third kappa shape index (κ3) is 2.36. The minimum atomic E-state index is -2.61. The van der Waals surface area contributed by atoms with Crippen molar-refractivity contribution in [1.29, 1.82) is 0 Å². The summed E-state index contributed by atoms with van der Waals surface area (Å²) in [5, 5.41) is 0. The van der Waals surface area contributed by atoms with Crippen molar-refractivity contribution in [2.45, 2.75) is 6.43 Å². The van der Waals surface area contributed by atoms with Gasteiger partial charge in [0.15, 0.2) is 6.29 Å². The van der Waals surface area contributed by atoms with Gasteiger partial charge in [-0.2, -0.15) is 0 Å². The summed E-state index contributed by atoms with van der Waals surface area (Å²) >= 11 is 0. The number of hydrogen-bond donors (Lipinski definition) is 0. The monoisotopic (exact) mass is 233 g/mol. The van der Waals surface area contributed by atoms with E-state index in [1.54, 1.807) is 30.3 Å². The van der Waals surface area contributed by atoms with E-state index in [1.165, 1.54) is 12.3 Å². The van der Waals surface area contributed by atoms with E-state index in [0.717, 1.165) is 0 Å². The van der Waals surface area contributed by atoms with Crippen molar-refractivity contribution < 1.29 is 13.6 Å². The van der Waals surface area contributed by atoms with E-state index in [2.05, 4.69) is 4.98 Å². The first-order chi connectivity index (χ1) is 8.22. The van der Waals surface area contributed by atoms with Crippen molar-refractivity contribution in [3.05, 3.63) is 53.9 Å². The molecule has 0 saturated heterocycles. The fourth-order valence-corrected chi connectivity index (χ4v) is 1.60. The second-order valence-electron chi connectivity index (χ2n) is 3.48. The van der Waals surface area contributed by atoms with Crippen LogP contribution in [-0.4, -0.2) is 11.3 Å². The molecule has 0 radical (unpaired) electrons. The van der Waals surface area contributed by atoms with Gasteiger partial charge >= 0.3 is 0 Å². The third-order valence-electron chi connectivity index (χ3n) is 2.40. The number of hydrogen-bond acceptors (Lipinski definition) is 2. The Morgan fingerprint density at radius 3 is 2.65 bits per heavy atom. The van der Waals surface area contributed by atoms with E-state index in [-0.39, 0.29) is 5.69 Å². The molecule has 0 bridgehead atoms. The summed E-state index contributed by atoms with van der Waals surface area (Å²) in [7, 11) is 0. The fraction of sp³-hybridized carbons (Fsp3) is 0.0769. The van der Waals surface area contributed by atoms with Crippen LogP contribution in [0.2, 0.25) is 0 Å². The molecule has 0 unspecified atom stereocenters. The van der Waals surface area contributed by atoms with Crippen LogP contribution in [0.1, 0.15) is 22.5 Å². The number of aromatic nitrogens is 1. The van der Waals surface area contributed by atoms with Crippen molar-refractivity contribution in [3.8, 4) is 11.1 Å². The number of rotatable bonds is 3. The minimum absolute atomic E-state index is 0.289. The highest BCUT2D eigenvalue weighted by atomic mass is 19.3. The molecule has 86 valence electrons. The first kappa shape index (κ1) is 11.4. The zero-order chi connectivity index (χ0) is 12.3. The summed E-state index contributed by atoms with van der Waals surface area (Å²) in [6.07, 6.45) is -0.589. The van der Waals surface area contributed by atoms with Gasteiger partial charge in [-0.05, 0) is 23.3 Å². The van der Waals surface area contributed by atoms with Gasteiger partial charge in [-0.3, -0.25) is 9.78 Å². The molecule has 1 aromatic carbocycles. The third-order valence-corrected chi connectivity index (χ3v) is 2.40. The average Bonchev–Trinajstić information content (AvgIpc) is 2.39. The zero-order valence-corrected chi connectivity index (χ0v) is 8.81. The number of pyridine rings is 1. The number of halogens is 2. The molecule has 0 spiro atoms. The van der Waals surface area contributed by atoms with Crippen molar-refractivity contribution in [3.63, 3.8) is 0 Å². The first-order valence-corrected chi connectivity index (χ1v) is 5.01. The number of carbonyl (C=O) groups excluding carboxylic acids is 1. The number of aldehydes is 1. The second-order valence-corrected chi connectivity index (χ2v) is 3.48. The Labute approximate surface area is 96.9 Å². The second kappa shape index (κ2) is 4.82. The van der Waals surface area contributed by atoms with Crippen LogP contribution in [0.25, 0.3) is 11.1 Å². The lowest BCUT2D eigenvalue weighted by atomic mass is 10.0. The van der Waals surface area contributed by atoms with E-state index < -0.39 is 6.43 Å². The van der Waals surface area contributed by atoms with Crippen LogP contribution in [0.15, 0.2) is 42.6 Å². The lowest BCUT2D eigenvalue weighted by molar-refractivity contribution is 0.112. The molecule has 0 aliphatic rings. The Bertz CT molecular complexity index is 540. The Morgan fingerprint density at radius 1 is 1.18 bits per heavy atom. The SMILES string of the molecule is O=Cc1ccccc1-c1ccnc(C(F)F)c1. The van der Waals surface area contributed by atoms with E-state index in [9.17, 15) is 13.6 Å². The van der Waals surface area contributed by atoms with Gasteiger partial charge in [0.25, 0.3) is 6.43 Å². The van der Waals surface area contributed by atoms with Gasteiger partial charge < -0.3 is 0 Å². The molecule has 1 heterocycles. The summed E-state index contributed by atoms with van der Waals surface area (Å²) < 4.78 is 25.0. The summed E-state index contributed by atoms with van der Waals surface area (Å²) in [6.45, 7) is 0. The van der Waals surface area contributed by atoms with Crippen LogP contribution in [0, 0.1) is 0 Å². The number of alkyl halides is 2. The standard InChI is InChI=1S/C13H9F2NO/c14-13(15)12-7-9(5-6-16-12)11-4-2-1-3-10(11)8-17/h1-8,13H. The Balaban J connectivity index is 2.52. The lowest BCUT2D eigenvalue weighted by Gasteiger charge is -2.06. The van der Waals surface area contributed by atoms with Crippen LogP contribution < -0.4 is 0 Å². The number of carbonyl (C=O) groups is 1. The largest absolute Gasteiger partial charge is 0.298 e. The lowest BCUT2D eigenvalue weighted by Crippen LogP contribution is -1.92. The van der Waals surface area contributed by atoms with Crippen molar-refractivity contribution >= 4 is 6.29 Å². The maximum atomic E-state index is 12.5. The maximum absolute atomic E-state index is 12.5. The van der Waals surface area contributed by atoms with Gasteiger partial charge in [-0.1, -0.05) is 24.3 Å². The average molecular weight is 233 g/mol. The van der Waals surface area contributed by atoms with E-state index >= 15 is 0 Å². The molecule has 0 aliphatic carbocycles. The summed E-state index contributed by atoms with van der Waals surface area (Å²) in [4.78, 5) is 14.4. The van der Waals surface area contributed by atoms with Crippen LogP contribution in [0.4, 0.5) is 8.78 Å². The molecule has 0 saturated carbocycles. The van der Waals surface area contributed by atoms with Gasteiger partial charge in [0.2, 0.25) is 0 Å². The van der Waals surface area contributed by atoms with Gasteiger partial charge in [0.1, 0.15) is 5.69 Å². The molecule has 4 heteroatoms. The molecule has 0 fully saturated rings. The van der Waals surface area contributed by atoms with Crippen molar-refractivity contribution in [1.82, 2.24) is 4.98 Å². The van der Waals surface area contributed by atoms with Gasteiger partial charge in [-0.25, -0.2) is 8.78 Å². The van der Waals surface area contributed by atoms with E-state index in [0.29, 0.717) is 23.0 Å². The molecular weight excluding hydrogens is 224 g/mol. The van der Waals surface area contributed by atoms with Crippen molar-refractivity contribution in [2.24, 2.45) is 0 Å². The van der Waals surface area contributed by atoms with Gasteiger partial charge in [0.05, 0.1) is 0 Å². The minimum Gasteiger partial charge on any atom is -0.298 e. The van der Waals surface area contributed by atoms with Crippen molar-refractivity contribution in [2.75, 3.05) is 0 Å². The molecular formula is C13H9F2NO. The normalized spacial score (nSPS) is 10.5. The molecule has 17 heavy (non-hydrogen) atoms. The Kier molecular flexibility index (Phi) is 3.23. The predicted octanol–water partition coefficient (Wildman–Crippen LogP) is 3.50. The zero-order valence-electron chi connectivity index (χ0n) is 8.81. The smallest absolute Gasteiger partial charge is 0.280 e. The van der Waals surface area contributed by atoms with Gasteiger partial charge in [-0.15, -0.1) is 0 Å². The molecule has 0 aliphatic heterocycles. The summed E-state index contributed by atoms with van der Waals surface area (Å²) in [5.41, 5.74) is 1.38. The summed E-state index contributed by atoms with van der Waals surface area (Å²) in [5.74, 6) is 0. The predicted molar refractivity (Wildman–Crippen MR) is 60.0 cm³/mol. The number of nitrogens with zero attached hydrogens (tertiary/aromatic N) is 1. The molecule has 2 nitrogen and oxygen atoms in total. The molecule has 0 amide bonds.